The number of amides is 2. The molecule has 0 aliphatic heterocycles. The van der Waals surface area contributed by atoms with E-state index in [0.717, 1.165) is 4.88 Å². The molecule has 2 N–H and O–H groups in total. The van der Waals surface area contributed by atoms with Gasteiger partial charge in [-0.15, -0.1) is 11.3 Å². The Labute approximate surface area is 197 Å². The molecule has 0 spiro atoms. The van der Waals surface area contributed by atoms with Gasteiger partial charge in [0.2, 0.25) is 5.91 Å². The Balaban J connectivity index is 1.58. The lowest BCUT2D eigenvalue weighted by atomic mass is 10.0. The van der Waals surface area contributed by atoms with E-state index >= 15 is 0 Å². The van der Waals surface area contributed by atoms with Crippen LogP contribution < -0.4 is 10.6 Å². The number of halogens is 1. The maximum absolute atomic E-state index is 14.2. The maximum atomic E-state index is 14.2. The minimum absolute atomic E-state index is 0.0832. The Bertz CT molecular complexity index is 1270. The van der Waals surface area contributed by atoms with Gasteiger partial charge in [-0.1, -0.05) is 30.3 Å². The first-order chi connectivity index (χ1) is 16.0. The molecule has 0 aliphatic rings. The van der Waals surface area contributed by atoms with E-state index in [4.69, 9.17) is 0 Å². The molecule has 0 bridgehead atoms. The van der Waals surface area contributed by atoms with Crippen LogP contribution in [0.4, 0.5) is 10.1 Å². The number of hydrogen-bond donors (Lipinski definition) is 2. The first-order valence-electron chi connectivity index (χ1n) is 10.1. The number of para-hydroxylation sites is 1. The van der Waals surface area contributed by atoms with E-state index in [0.29, 0.717) is 12.0 Å². The molecule has 2 aromatic carbocycles. The smallest absolute Gasteiger partial charge is 0.252 e. The Hall–Kier alpha value is -3.62. The third kappa shape index (κ3) is 5.42. The van der Waals surface area contributed by atoms with E-state index in [9.17, 15) is 18.8 Å². The van der Waals surface area contributed by atoms with Crippen LogP contribution in [0.2, 0.25) is 0 Å². The molecule has 2 heterocycles. The van der Waals surface area contributed by atoms with Crippen LogP contribution in [0.15, 0.2) is 82.9 Å². The first-order valence-corrected chi connectivity index (χ1v) is 11.9. The van der Waals surface area contributed by atoms with Gasteiger partial charge in [0.25, 0.3) is 5.91 Å². The van der Waals surface area contributed by atoms with Gasteiger partial charge < -0.3 is 10.6 Å². The van der Waals surface area contributed by atoms with Crippen molar-refractivity contribution in [1.82, 2.24) is 5.32 Å². The van der Waals surface area contributed by atoms with Crippen LogP contribution in [-0.2, 0) is 11.2 Å². The number of rotatable bonds is 8. The molecule has 1 atom stereocenters. The topological polar surface area (TPSA) is 75.3 Å². The summed E-state index contributed by atoms with van der Waals surface area (Å²) in [5.41, 5.74) is 0.797. The standard InChI is InChI=1S/C25H19FN2O3S2/c26-20-9-3-1-7-18(20)23(29)19-8-2-4-10-21(19)27-25(31)22(14-17-6-5-12-33-17)28-24(30)16-11-13-32-15-16/h1-13,15,22H,14H2,(H,27,31)(H,28,30)/t22-/m0/s1. The van der Waals surface area contributed by atoms with Crippen molar-refractivity contribution in [3.05, 3.63) is 110 Å². The van der Waals surface area contributed by atoms with Gasteiger partial charge in [0.1, 0.15) is 11.9 Å². The van der Waals surface area contributed by atoms with Crippen LogP contribution in [0.25, 0.3) is 0 Å². The number of carbonyl (C=O) groups excluding carboxylic acids is 3. The summed E-state index contributed by atoms with van der Waals surface area (Å²) in [5.74, 6) is -2.01. The van der Waals surface area contributed by atoms with E-state index in [1.165, 1.54) is 46.9 Å². The van der Waals surface area contributed by atoms with Crippen LogP contribution in [0.1, 0.15) is 31.2 Å². The molecule has 0 saturated carbocycles. The van der Waals surface area contributed by atoms with Crippen LogP contribution in [-0.4, -0.2) is 23.6 Å². The molecule has 0 radical (unpaired) electrons. The second kappa shape index (κ2) is 10.3. The van der Waals surface area contributed by atoms with Gasteiger partial charge in [-0.2, -0.15) is 11.3 Å². The number of benzene rings is 2. The third-order valence-corrected chi connectivity index (χ3v) is 6.52. The summed E-state index contributed by atoms with van der Waals surface area (Å²) in [6.45, 7) is 0. The molecule has 0 unspecified atom stereocenters. The highest BCUT2D eigenvalue weighted by Gasteiger charge is 2.25. The summed E-state index contributed by atoms with van der Waals surface area (Å²) in [7, 11) is 0. The van der Waals surface area contributed by atoms with Gasteiger partial charge in [0.15, 0.2) is 5.78 Å². The fourth-order valence-electron chi connectivity index (χ4n) is 3.27. The van der Waals surface area contributed by atoms with E-state index in [2.05, 4.69) is 10.6 Å². The quantitative estimate of drug-likeness (QED) is 0.344. The van der Waals surface area contributed by atoms with Crippen LogP contribution in [0.3, 0.4) is 0 Å². The molecule has 4 aromatic rings. The average Bonchev–Trinajstić information content (AvgIpc) is 3.53. The highest BCUT2D eigenvalue weighted by atomic mass is 32.1. The molecule has 0 saturated heterocycles. The van der Waals surface area contributed by atoms with E-state index < -0.39 is 23.5 Å². The van der Waals surface area contributed by atoms with Crippen molar-refractivity contribution >= 4 is 46.0 Å². The van der Waals surface area contributed by atoms with Crippen LogP contribution in [0.5, 0.6) is 0 Å². The van der Waals surface area contributed by atoms with Crippen molar-refractivity contribution < 1.29 is 18.8 Å². The minimum atomic E-state index is -0.868. The molecule has 4 rings (SSSR count). The van der Waals surface area contributed by atoms with Crippen molar-refractivity contribution in [1.29, 1.82) is 0 Å². The summed E-state index contributed by atoms with van der Waals surface area (Å²) in [6.07, 6.45) is 0.294. The molecule has 0 aliphatic carbocycles. The predicted octanol–water partition coefficient (Wildman–Crippen LogP) is 5.16. The van der Waals surface area contributed by atoms with Gasteiger partial charge in [-0.25, -0.2) is 4.39 Å². The highest BCUT2D eigenvalue weighted by Crippen LogP contribution is 2.22. The largest absolute Gasteiger partial charge is 0.340 e. The number of hydrogen-bond acceptors (Lipinski definition) is 5. The number of carbonyl (C=O) groups is 3. The number of thiophene rings is 2. The zero-order chi connectivity index (χ0) is 23.2. The van der Waals surface area contributed by atoms with Crippen LogP contribution >= 0.6 is 22.7 Å². The fraction of sp³-hybridized carbons (Fsp3) is 0.0800. The van der Waals surface area contributed by atoms with Gasteiger partial charge in [-0.3, -0.25) is 14.4 Å². The van der Waals surface area contributed by atoms with Gasteiger partial charge in [0.05, 0.1) is 16.8 Å². The predicted molar refractivity (Wildman–Crippen MR) is 129 cm³/mol. The maximum Gasteiger partial charge on any atom is 0.252 e. The summed E-state index contributed by atoms with van der Waals surface area (Å²) in [5, 5.41) is 10.9. The van der Waals surface area contributed by atoms with Crippen molar-refractivity contribution in [3.63, 3.8) is 0 Å². The highest BCUT2D eigenvalue weighted by molar-refractivity contribution is 7.09. The lowest BCUT2D eigenvalue weighted by molar-refractivity contribution is -0.117. The molecule has 5 nitrogen and oxygen atoms in total. The van der Waals surface area contributed by atoms with E-state index in [1.807, 2.05) is 17.5 Å². The van der Waals surface area contributed by atoms with Crippen LogP contribution in [0, 0.1) is 5.82 Å². The fourth-order valence-corrected chi connectivity index (χ4v) is 4.66. The lowest BCUT2D eigenvalue weighted by Gasteiger charge is -2.19. The second-order valence-corrected chi connectivity index (χ2v) is 8.98. The van der Waals surface area contributed by atoms with Crippen molar-refractivity contribution in [2.75, 3.05) is 5.32 Å². The molecule has 2 aromatic heterocycles. The SMILES string of the molecule is O=C(N[C@@H](Cc1cccs1)C(=O)Nc1ccccc1C(=O)c1ccccc1F)c1ccsc1. The zero-order valence-corrected chi connectivity index (χ0v) is 18.9. The minimum Gasteiger partial charge on any atom is -0.340 e. The van der Waals surface area contributed by atoms with Crippen molar-refractivity contribution in [2.45, 2.75) is 12.5 Å². The van der Waals surface area contributed by atoms with Crippen molar-refractivity contribution in [2.24, 2.45) is 0 Å². The number of nitrogens with one attached hydrogen (secondary N) is 2. The monoisotopic (exact) mass is 478 g/mol. The molecule has 2 amide bonds. The van der Waals surface area contributed by atoms with Gasteiger partial charge in [-0.05, 0) is 47.2 Å². The Morgan fingerprint density at radius 3 is 2.33 bits per heavy atom. The molecule has 166 valence electrons. The molecule has 8 heteroatoms. The Morgan fingerprint density at radius 2 is 1.64 bits per heavy atom. The Morgan fingerprint density at radius 1 is 0.879 bits per heavy atom. The molecule has 33 heavy (non-hydrogen) atoms. The number of ketones is 1. The Kier molecular flexibility index (Phi) is 7.07. The second-order valence-electron chi connectivity index (χ2n) is 7.17. The van der Waals surface area contributed by atoms with Crippen molar-refractivity contribution in [3.8, 4) is 0 Å². The lowest BCUT2D eigenvalue weighted by Crippen LogP contribution is -2.45. The van der Waals surface area contributed by atoms with Gasteiger partial charge >= 0.3 is 0 Å². The van der Waals surface area contributed by atoms with E-state index in [-0.39, 0.29) is 22.7 Å². The first kappa shape index (κ1) is 22.6. The molecular weight excluding hydrogens is 459 g/mol. The average molecular weight is 479 g/mol. The number of anilines is 1. The zero-order valence-electron chi connectivity index (χ0n) is 17.3. The molecule has 0 fully saturated rings. The normalized spacial score (nSPS) is 11.5. The third-order valence-electron chi connectivity index (χ3n) is 4.94. The summed E-state index contributed by atoms with van der Waals surface area (Å²) < 4.78 is 14.2. The summed E-state index contributed by atoms with van der Waals surface area (Å²) >= 11 is 2.87. The van der Waals surface area contributed by atoms with E-state index in [1.54, 1.807) is 41.1 Å². The molecular formula is C25H19FN2O3S2. The summed E-state index contributed by atoms with van der Waals surface area (Å²) in [4.78, 5) is 39.7. The van der Waals surface area contributed by atoms with Gasteiger partial charge in [0, 0.05) is 22.2 Å². The summed E-state index contributed by atoms with van der Waals surface area (Å²) in [6, 6.07) is 16.7.